The number of amides is 8. The van der Waals surface area contributed by atoms with Crippen LogP contribution in [0.3, 0.4) is 0 Å². The molecule has 482 valence electrons. The van der Waals surface area contributed by atoms with Gasteiger partial charge in [0.15, 0.2) is 12.1 Å². The summed E-state index contributed by atoms with van der Waals surface area (Å²) in [5, 5.41) is 20.3. The minimum atomic E-state index is -1.97. The second kappa shape index (κ2) is 30.6. The first kappa shape index (κ1) is 69.6. The Labute approximate surface area is 520 Å². The van der Waals surface area contributed by atoms with Gasteiger partial charge >= 0.3 is 5.97 Å². The first-order chi connectivity index (χ1) is 41.5. The van der Waals surface area contributed by atoms with Crippen molar-refractivity contribution in [2.24, 2.45) is 17.8 Å². The van der Waals surface area contributed by atoms with Gasteiger partial charge in [-0.3, -0.25) is 38.4 Å². The number of hydrogen-bond acceptors (Lipinski definition) is 14. The Morgan fingerprint density at radius 2 is 1.20 bits per heavy atom. The third kappa shape index (κ3) is 17.0. The molecule has 3 fully saturated rings. The fraction of sp³-hybridized carbons (Fsp3) is 0.606. The molecule has 88 heavy (non-hydrogen) atoms. The lowest BCUT2D eigenvalue weighted by Crippen LogP contribution is -2.62. The van der Waals surface area contributed by atoms with E-state index in [4.69, 9.17) is 9.72 Å². The predicted molar refractivity (Wildman–Crippen MR) is 336 cm³/mol. The number of pyridine rings is 1. The number of likely N-dealkylation sites (N-methyl/N-ethyl adjacent to an activating group) is 5. The van der Waals surface area contributed by atoms with Crippen LogP contribution in [0.25, 0.3) is 11.1 Å². The number of hydrogen-bond donors (Lipinski definition) is 4. The third-order valence-corrected chi connectivity index (χ3v) is 18.1. The molecule has 0 spiro atoms. The van der Waals surface area contributed by atoms with Crippen LogP contribution < -0.4 is 20.9 Å². The quantitative estimate of drug-likeness (QED) is 0.177. The number of carbonyl (C=O) groups excluding carboxylic acids is 9. The molecule has 8 unspecified atom stereocenters. The third-order valence-electron chi connectivity index (χ3n) is 18.1. The van der Waals surface area contributed by atoms with Crippen molar-refractivity contribution in [2.75, 3.05) is 72.9 Å². The number of piperazine rings is 1. The van der Waals surface area contributed by atoms with Crippen molar-refractivity contribution >= 4 is 59.0 Å². The number of nitrogens with one attached hydrogen (secondary N) is 3. The molecule has 1 aromatic heterocycles. The van der Waals surface area contributed by atoms with Gasteiger partial charge in [-0.1, -0.05) is 103 Å². The summed E-state index contributed by atoms with van der Waals surface area (Å²) in [6.07, 6.45) is 1.75. The van der Waals surface area contributed by atoms with E-state index >= 15 is 9.59 Å². The Morgan fingerprint density at radius 1 is 0.614 bits per heavy atom. The summed E-state index contributed by atoms with van der Waals surface area (Å²) in [6, 6.07) is 10.3. The highest BCUT2D eigenvalue weighted by Crippen LogP contribution is 2.29. The number of aromatic nitrogens is 1. The van der Waals surface area contributed by atoms with Gasteiger partial charge in [-0.2, -0.15) is 0 Å². The van der Waals surface area contributed by atoms with Crippen molar-refractivity contribution in [2.45, 2.75) is 174 Å². The van der Waals surface area contributed by atoms with Crippen molar-refractivity contribution in [1.29, 1.82) is 0 Å². The Kier molecular flexibility index (Phi) is 24.2. The zero-order chi connectivity index (χ0) is 65.1. The van der Waals surface area contributed by atoms with Crippen molar-refractivity contribution in [3.8, 4) is 11.1 Å². The first-order valence-corrected chi connectivity index (χ1v) is 31.2. The van der Waals surface area contributed by atoms with E-state index in [9.17, 15) is 38.7 Å². The van der Waals surface area contributed by atoms with Gasteiger partial charge in [0.25, 0.3) is 5.91 Å². The molecule has 0 radical (unpaired) electrons. The molecule has 0 bridgehead atoms. The molecule has 3 aliphatic heterocycles. The molecule has 11 atom stereocenters. The van der Waals surface area contributed by atoms with Crippen molar-refractivity contribution in [3.05, 3.63) is 84.1 Å². The average molecular weight is 1220 g/mol. The van der Waals surface area contributed by atoms with Crippen LogP contribution in [0.2, 0.25) is 0 Å². The zero-order valence-corrected chi connectivity index (χ0v) is 54.4. The maximum Gasteiger partial charge on any atom is 0.332 e. The van der Waals surface area contributed by atoms with Crippen LogP contribution >= 0.6 is 0 Å². The summed E-state index contributed by atoms with van der Waals surface area (Å²) in [6.45, 7) is 20.1. The number of cyclic esters (lactones) is 1. The van der Waals surface area contributed by atoms with Crippen LogP contribution in [0.4, 0.5) is 5.82 Å². The SMILES string of the molecule is CCC(C)C1NC(=O)C2CCCN2C(=O)C(Cc2cccc(-c3ccc(N4CCN(C)CC4)nc3)c2)N(C)C(=O)C(Cc2ccccc2)NC(=O)[C@H](C)N(C)C(=O)[C@@H](C(C)CC)OC(=O)C(C(C)(C)O)N(C)C(=O)C(CC(C)C)NC(=O)[C@H](C)N(C)C1=O. The molecule has 22 nitrogen and oxygen atoms in total. The molecule has 4 heterocycles. The van der Waals surface area contributed by atoms with Gasteiger partial charge in [-0.25, -0.2) is 9.78 Å². The van der Waals surface area contributed by atoms with Crippen LogP contribution in [0.15, 0.2) is 72.9 Å². The van der Waals surface area contributed by atoms with Gasteiger partial charge in [0.1, 0.15) is 48.1 Å². The van der Waals surface area contributed by atoms with E-state index in [1.54, 1.807) is 45.0 Å². The van der Waals surface area contributed by atoms with Gasteiger partial charge in [0.2, 0.25) is 41.4 Å². The Balaban J connectivity index is 1.46. The predicted octanol–water partition coefficient (Wildman–Crippen LogP) is 3.91. The highest BCUT2D eigenvalue weighted by Gasteiger charge is 2.47. The van der Waals surface area contributed by atoms with Crippen LogP contribution in [0.1, 0.15) is 112 Å². The van der Waals surface area contributed by atoms with Gasteiger partial charge in [-0.05, 0) is 101 Å². The summed E-state index contributed by atoms with van der Waals surface area (Å²) in [5.74, 6) is -6.94. The summed E-state index contributed by atoms with van der Waals surface area (Å²) in [4.78, 5) is 149. The summed E-state index contributed by atoms with van der Waals surface area (Å²) in [5.41, 5.74) is 1.04. The highest BCUT2D eigenvalue weighted by atomic mass is 16.6. The smallest absolute Gasteiger partial charge is 0.332 e. The molecule has 22 heteroatoms. The number of rotatable bonds is 13. The lowest BCUT2D eigenvalue weighted by molar-refractivity contribution is -0.177. The molecular formula is C66H97N11O11. The molecule has 0 aliphatic carbocycles. The van der Waals surface area contributed by atoms with Crippen LogP contribution in [-0.4, -0.2) is 221 Å². The highest BCUT2D eigenvalue weighted by molar-refractivity contribution is 5.99. The number of fused-ring (bicyclic) bond motifs is 1. The molecule has 3 aromatic rings. The van der Waals surface area contributed by atoms with E-state index in [-0.39, 0.29) is 38.1 Å². The van der Waals surface area contributed by atoms with Crippen molar-refractivity contribution < 1.29 is 53.0 Å². The van der Waals surface area contributed by atoms with Crippen LogP contribution in [-0.2, 0) is 60.7 Å². The fourth-order valence-corrected chi connectivity index (χ4v) is 11.7. The summed E-state index contributed by atoms with van der Waals surface area (Å²) in [7, 11) is 7.68. The molecule has 8 amide bonds. The lowest BCUT2D eigenvalue weighted by Gasteiger charge is -2.39. The molecule has 3 saturated heterocycles. The fourth-order valence-electron chi connectivity index (χ4n) is 11.7. The van der Waals surface area contributed by atoms with E-state index in [2.05, 4.69) is 32.8 Å². The normalized spacial score (nSPS) is 26.1. The number of aliphatic hydroxyl groups is 1. The monoisotopic (exact) mass is 1220 g/mol. The number of benzene rings is 2. The standard InChI is InChI=1S/C66H97N11O11/c1-16-41(5)54-63(84)72(12)43(7)57(78)68-49(35-40(3)4)61(82)75(15)56(66(9,10)87)65(86)88-55(42(6)17-2)64(85)73(13)44(8)58(79)69-50(37-45-23-19-18-20-24-45)60(81)74(14)52(62(83)77-30-22-27-51(77)59(80)70-54)38-46-25-21-26-47(36-46)48-28-29-53(67-39-48)76-33-31-71(11)32-34-76/h18-21,23-26,28-29,36,39-44,49-52,54-56,87H,16-17,22,27,30-35,37-38H2,1-15H3,(H,68,78)(H,69,79)(H,70,80)/t41?,42?,43-,44-,49?,50?,51?,52?,54?,55+,56?/m0/s1. The maximum absolute atomic E-state index is 15.7. The Morgan fingerprint density at radius 3 is 1.78 bits per heavy atom. The second-order valence-electron chi connectivity index (χ2n) is 25.6. The van der Waals surface area contributed by atoms with E-state index < -0.39 is 125 Å². The van der Waals surface area contributed by atoms with E-state index in [0.717, 1.165) is 52.9 Å². The van der Waals surface area contributed by atoms with E-state index in [1.807, 2.05) is 69.4 Å². The minimum absolute atomic E-state index is 0.0195. The summed E-state index contributed by atoms with van der Waals surface area (Å²) >= 11 is 0. The van der Waals surface area contributed by atoms with Gasteiger partial charge < -0.3 is 60.1 Å². The van der Waals surface area contributed by atoms with E-state index in [1.165, 1.54) is 70.6 Å². The topological polar surface area (TPSA) is 255 Å². The molecule has 0 saturated carbocycles. The molecule has 6 rings (SSSR count). The zero-order valence-electron chi connectivity index (χ0n) is 54.4. The largest absolute Gasteiger partial charge is 0.450 e. The average Bonchev–Trinajstić information content (AvgIpc) is 1.80. The molecule has 4 N–H and O–H groups in total. The number of ether oxygens (including phenoxy) is 1. The second-order valence-corrected chi connectivity index (χ2v) is 25.6. The number of anilines is 1. The van der Waals surface area contributed by atoms with Crippen LogP contribution in [0.5, 0.6) is 0 Å². The minimum Gasteiger partial charge on any atom is -0.450 e. The van der Waals surface area contributed by atoms with E-state index in [0.29, 0.717) is 30.4 Å². The van der Waals surface area contributed by atoms with Crippen LogP contribution in [0, 0.1) is 17.8 Å². The first-order valence-electron chi connectivity index (χ1n) is 31.2. The van der Waals surface area contributed by atoms with Gasteiger partial charge in [0.05, 0.1) is 5.60 Å². The number of esters is 1. The van der Waals surface area contributed by atoms with Crippen molar-refractivity contribution in [1.82, 2.24) is 50.3 Å². The maximum atomic E-state index is 15.7. The molecule has 2 aromatic carbocycles. The van der Waals surface area contributed by atoms with Crippen molar-refractivity contribution in [3.63, 3.8) is 0 Å². The molecular weight excluding hydrogens is 1120 g/mol. The Bertz CT molecular complexity index is 2930. The number of carbonyl (C=O) groups is 9. The summed E-state index contributed by atoms with van der Waals surface area (Å²) < 4.78 is 6.04. The molecule has 3 aliphatic rings. The number of nitrogens with zero attached hydrogens (tertiary/aromatic N) is 8. The Hall–Kier alpha value is -7.46. The van der Waals surface area contributed by atoms with Gasteiger partial charge in [-0.15, -0.1) is 0 Å². The van der Waals surface area contributed by atoms with Gasteiger partial charge in [0, 0.05) is 91.4 Å². The lowest BCUT2D eigenvalue weighted by atomic mass is 9.94.